The smallest absolute Gasteiger partial charge is 0.256 e. The van der Waals surface area contributed by atoms with Gasteiger partial charge in [-0.15, -0.1) is 0 Å². The van der Waals surface area contributed by atoms with Gasteiger partial charge in [-0.25, -0.2) is 13.9 Å². The second-order valence-electron chi connectivity index (χ2n) is 6.14. The Balaban J connectivity index is 1.82. The number of fused-ring (bicyclic) bond motifs is 2. The molecule has 1 aliphatic rings. The SMILES string of the molecule is COc1cc(F)cc2c1OCCNC(=O)c1cnn3ccc(nc13)N[C@@H]2C. The Kier molecular flexibility index (Phi) is 4.27. The maximum absolute atomic E-state index is 14.1. The van der Waals surface area contributed by atoms with Gasteiger partial charge in [0.05, 0.1) is 25.9 Å². The first kappa shape index (κ1) is 17.1. The number of halogens is 1. The van der Waals surface area contributed by atoms with Gasteiger partial charge in [0.1, 0.15) is 23.8 Å². The number of nitrogens with one attached hydrogen (secondary N) is 2. The fourth-order valence-electron chi connectivity index (χ4n) is 3.04. The van der Waals surface area contributed by atoms with Crippen LogP contribution < -0.4 is 20.1 Å². The van der Waals surface area contributed by atoms with E-state index in [4.69, 9.17) is 9.47 Å². The molecule has 0 spiro atoms. The van der Waals surface area contributed by atoms with E-state index in [1.54, 1.807) is 12.3 Å². The second-order valence-corrected chi connectivity index (χ2v) is 6.14. The number of methoxy groups -OCH3 is 1. The van der Waals surface area contributed by atoms with Crippen LogP contribution in [0.3, 0.4) is 0 Å². The average molecular weight is 371 g/mol. The summed E-state index contributed by atoms with van der Waals surface area (Å²) in [7, 11) is 1.45. The standard InChI is InChI=1S/C18H18FN5O3/c1-10-12-7-11(19)8-14(26-2)16(12)27-6-4-20-18(25)13-9-21-24-5-3-15(22-10)23-17(13)24/h3,5,7-10H,4,6H2,1-2H3,(H,20,25)(H,22,23)/t10-/m1/s1. The summed E-state index contributed by atoms with van der Waals surface area (Å²) < 4.78 is 26.7. The van der Waals surface area contributed by atoms with Crippen molar-refractivity contribution in [3.63, 3.8) is 0 Å². The maximum atomic E-state index is 14.1. The molecule has 0 radical (unpaired) electrons. The molecule has 8 nitrogen and oxygen atoms in total. The van der Waals surface area contributed by atoms with Crippen molar-refractivity contribution < 1.29 is 18.7 Å². The highest BCUT2D eigenvalue weighted by molar-refractivity contribution is 5.99. The van der Waals surface area contributed by atoms with Crippen molar-refractivity contribution in [1.82, 2.24) is 19.9 Å². The maximum Gasteiger partial charge on any atom is 0.256 e. The van der Waals surface area contributed by atoms with Crippen LogP contribution in [0.1, 0.15) is 28.9 Å². The molecule has 0 fully saturated rings. The van der Waals surface area contributed by atoms with Gasteiger partial charge in [0, 0.05) is 17.8 Å². The number of anilines is 1. The zero-order valence-corrected chi connectivity index (χ0v) is 14.8. The molecule has 3 heterocycles. The molecule has 0 saturated carbocycles. The Morgan fingerprint density at radius 1 is 1.41 bits per heavy atom. The minimum absolute atomic E-state index is 0.197. The van der Waals surface area contributed by atoms with E-state index in [-0.39, 0.29) is 25.1 Å². The number of nitrogens with zero attached hydrogens (tertiary/aromatic N) is 3. The third-order valence-electron chi connectivity index (χ3n) is 4.35. The summed E-state index contributed by atoms with van der Waals surface area (Å²) in [6.07, 6.45) is 3.18. The average Bonchev–Trinajstić information content (AvgIpc) is 3.08. The molecule has 9 heteroatoms. The van der Waals surface area contributed by atoms with Crippen LogP contribution in [-0.4, -0.2) is 40.8 Å². The van der Waals surface area contributed by atoms with Crippen molar-refractivity contribution in [2.75, 3.05) is 25.6 Å². The largest absolute Gasteiger partial charge is 0.493 e. The fourth-order valence-corrected chi connectivity index (χ4v) is 3.04. The molecular weight excluding hydrogens is 353 g/mol. The number of ether oxygens (including phenoxy) is 2. The van der Waals surface area contributed by atoms with E-state index in [0.29, 0.717) is 34.1 Å². The number of aromatic nitrogens is 3. The highest BCUT2D eigenvalue weighted by atomic mass is 19.1. The van der Waals surface area contributed by atoms with Gasteiger partial charge < -0.3 is 20.1 Å². The highest BCUT2D eigenvalue weighted by Gasteiger charge is 2.21. The molecule has 1 aromatic carbocycles. The zero-order chi connectivity index (χ0) is 19.0. The summed E-state index contributed by atoms with van der Waals surface area (Å²) in [5, 5.41) is 10.1. The van der Waals surface area contributed by atoms with Gasteiger partial charge in [0.2, 0.25) is 0 Å². The van der Waals surface area contributed by atoms with E-state index in [1.165, 1.54) is 30.0 Å². The second kappa shape index (κ2) is 6.75. The molecule has 4 rings (SSSR count). The van der Waals surface area contributed by atoms with E-state index in [0.717, 1.165) is 0 Å². The number of carbonyl (C=O) groups is 1. The molecule has 0 aliphatic carbocycles. The van der Waals surface area contributed by atoms with Gasteiger partial charge in [-0.2, -0.15) is 5.10 Å². The van der Waals surface area contributed by atoms with Crippen molar-refractivity contribution in [1.29, 1.82) is 0 Å². The molecule has 1 amide bonds. The Morgan fingerprint density at radius 2 is 2.26 bits per heavy atom. The zero-order valence-electron chi connectivity index (χ0n) is 14.8. The number of carbonyl (C=O) groups excluding carboxylic acids is 1. The van der Waals surface area contributed by atoms with Crippen LogP contribution in [0.2, 0.25) is 0 Å². The Bertz CT molecular complexity index is 1020. The van der Waals surface area contributed by atoms with E-state index in [2.05, 4.69) is 20.7 Å². The lowest BCUT2D eigenvalue weighted by atomic mass is 10.1. The fraction of sp³-hybridized carbons (Fsp3) is 0.278. The molecule has 140 valence electrons. The van der Waals surface area contributed by atoms with E-state index < -0.39 is 5.82 Å². The summed E-state index contributed by atoms with van der Waals surface area (Å²) in [6, 6.07) is 4.08. The Morgan fingerprint density at radius 3 is 3.07 bits per heavy atom. The third-order valence-corrected chi connectivity index (χ3v) is 4.35. The summed E-state index contributed by atoms with van der Waals surface area (Å²) in [6.45, 7) is 2.33. The summed E-state index contributed by atoms with van der Waals surface area (Å²) in [5.74, 6) is 0.521. The minimum Gasteiger partial charge on any atom is -0.493 e. The van der Waals surface area contributed by atoms with Crippen LogP contribution in [0.15, 0.2) is 30.6 Å². The van der Waals surface area contributed by atoms with Gasteiger partial charge >= 0.3 is 0 Å². The first-order chi connectivity index (χ1) is 13.1. The van der Waals surface area contributed by atoms with Gasteiger partial charge in [0.25, 0.3) is 5.91 Å². The van der Waals surface area contributed by atoms with Crippen LogP contribution in [0.25, 0.3) is 5.65 Å². The number of hydrogen-bond acceptors (Lipinski definition) is 6. The van der Waals surface area contributed by atoms with Crippen molar-refractivity contribution >= 4 is 17.4 Å². The van der Waals surface area contributed by atoms with Gasteiger partial charge in [0.15, 0.2) is 17.1 Å². The molecule has 2 N–H and O–H groups in total. The lowest BCUT2D eigenvalue weighted by molar-refractivity contribution is 0.0948. The normalized spacial score (nSPS) is 17.0. The first-order valence-electron chi connectivity index (χ1n) is 8.46. The van der Waals surface area contributed by atoms with E-state index in [1.807, 2.05) is 6.92 Å². The Hall–Kier alpha value is -3.36. The van der Waals surface area contributed by atoms with Crippen LogP contribution in [0, 0.1) is 5.82 Å². The van der Waals surface area contributed by atoms with Crippen molar-refractivity contribution in [2.24, 2.45) is 0 Å². The van der Waals surface area contributed by atoms with Crippen LogP contribution in [-0.2, 0) is 0 Å². The molecule has 0 saturated heterocycles. The number of benzene rings is 1. The minimum atomic E-state index is -0.429. The number of rotatable bonds is 1. The lowest BCUT2D eigenvalue weighted by Gasteiger charge is -2.21. The predicted octanol–water partition coefficient (Wildman–Crippen LogP) is 2.17. The molecule has 2 aromatic heterocycles. The van der Waals surface area contributed by atoms with Crippen LogP contribution in [0.5, 0.6) is 11.5 Å². The molecule has 1 aliphatic heterocycles. The van der Waals surface area contributed by atoms with Crippen molar-refractivity contribution in [2.45, 2.75) is 13.0 Å². The predicted molar refractivity (Wildman–Crippen MR) is 95.8 cm³/mol. The Labute approximate surface area is 154 Å². The van der Waals surface area contributed by atoms with Crippen molar-refractivity contribution in [3.8, 4) is 11.5 Å². The molecule has 2 bridgehead atoms. The van der Waals surface area contributed by atoms with E-state index >= 15 is 0 Å². The van der Waals surface area contributed by atoms with Gasteiger partial charge in [-0.3, -0.25) is 4.79 Å². The molecular formula is C18H18FN5O3. The molecule has 1 atom stereocenters. The lowest BCUT2D eigenvalue weighted by Crippen LogP contribution is -2.28. The van der Waals surface area contributed by atoms with Crippen LogP contribution >= 0.6 is 0 Å². The summed E-state index contributed by atoms with van der Waals surface area (Å²) in [4.78, 5) is 16.9. The van der Waals surface area contributed by atoms with Crippen molar-refractivity contribution in [3.05, 3.63) is 47.5 Å². The third kappa shape index (κ3) is 3.12. The monoisotopic (exact) mass is 371 g/mol. The summed E-state index contributed by atoms with van der Waals surface area (Å²) >= 11 is 0. The topological polar surface area (TPSA) is 89.8 Å². The van der Waals surface area contributed by atoms with Gasteiger partial charge in [-0.05, 0) is 19.1 Å². The quantitative estimate of drug-likeness (QED) is 0.681. The van der Waals surface area contributed by atoms with E-state index in [9.17, 15) is 9.18 Å². The number of hydrogen-bond donors (Lipinski definition) is 2. The molecule has 27 heavy (non-hydrogen) atoms. The highest BCUT2D eigenvalue weighted by Crippen LogP contribution is 2.37. The summed E-state index contributed by atoms with van der Waals surface area (Å²) in [5.41, 5.74) is 1.39. The first-order valence-corrected chi connectivity index (χ1v) is 8.46. The van der Waals surface area contributed by atoms with Crippen LogP contribution in [0.4, 0.5) is 10.2 Å². The molecule has 0 unspecified atom stereocenters. The number of amides is 1. The van der Waals surface area contributed by atoms with Gasteiger partial charge in [-0.1, -0.05) is 0 Å². The molecule has 3 aromatic rings.